The molecule has 0 spiro atoms. The largest absolute Gasteiger partial charge is 0.366 e. The summed E-state index contributed by atoms with van der Waals surface area (Å²) in [5.41, 5.74) is 3.91. The molecule has 116 valence electrons. The molecule has 0 amide bonds. The zero-order chi connectivity index (χ0) is 15.9. The molecule has 0 unspecified atom stereocenters. The van der Waals surface area contributed by atoms with Gasteiger partial charge in [0.15, 0.2) is 5.11 Å². The lowest BCUT2D eigenvalue weighted by atomic mass is 10.0. The van der Waals surface area contributed by atoms with Crippen molar-refractivity contribution in [2.45, 2.75) is 32.9 Å². The molecule has 0 radical (unpaired) electrons. The van der Waals surface area contributed by atoms with Crippen LogP contribution in [0.3, 0.4) is 0 Å². The van der Waals surface area contributed by atoms with Crippen LogP contribution in [-0.4, -0.2) is 17.1 Å². The van der Waals surface area contributed by atoms with Crippen LogP contribution >= 0.6 is 12.2 Å². The quantitative estimate of drug-likeness (QED) is 0.828. The second-order valence-corrected chi connectivity index (χ2v) is 6.18. The van der Waals surface area contributed by atoms with Gasteiger partial charge in [0.1, 0.15) is 0 Å². The standard InChI is InChI=1S/C19H24N2S/c1-15(2)18-11-9-17(10-12-18)14-21(19(22)20-3)13-16-7-5-4-6-8-16/h4-12,15H,13-14H2,1-3H3,(H,20,22). The molecule has 3 heteroatoms. The van der Waals surface area contributed by atoms with Crippen LogP contribution in [0.5, 0.6) is 0 Å². The maximum Gasteiger partial charge on any atom is 0.169 e. The highest BCUT2D eigenvalue weighted by Gasteiger charge is 2.10. The van der Waals surface area contributed by atoms with Gasteiger partial charge in [0.25, 0.3) is 0 Å². The minimum atomic E-state index is 0.563. The monoisotopic (exact) mass is 312 g/mol. The van der Waals surface area contributed by atoms with E-state index in [-0.39, 0.29) is 0 Å². The molecule has 0 saturated carbocycles. The van der Waals surface area contributed by atoms with E-state index in [0.717, 1.165) is 18.2 Å². The van der Waals surface area contributed by atoms with Crippen molar-refractivity contribution in [1.82, 2.24) is 10.2 Å². The Morgan fingerprint density at radius 3 is 2.00 bits per heavy atom. The third kappa shape index (κ3) is 4.57. The first-order chi connectivity index (χ1) is 10.6. The molecular weight excluding hydrogens is 288 g/mol. The SMILES string of the molecule is CNC(=S)N(Cc1ccccc1)Cc1ccc(C(C)C)cc1. The molecule has 2 aromatic carbocycles. The van der Waals surface area contributed by atoms with Gasteiger partial charge in [-0.05, 0) is 34.8 Å². The first-order valence-electron chi connectivity index (χ1n) is 7.69. The van der Waals surface area contributed by atoms with Gasteiger partial charge in [0.05, 0.1) is 0 Å². The van der Waals surface area contributed by atoms with Gasteiger partial charge in [-0.15, -0.1) is 0 Å². The van der Waals surface area contributed by atoms with Crippen LogP contribution in [0.25, 0.3) is 0 Å². The molecule has 2 nitrogen and oxygen atoms in total. The summed E-state index contributed by atoms with van der Waals surface area (Å²) in [5.74, 6) is 0.563. The van der Waals surface area contributed by atoms with Crippen molar-refractivity contribution in [2.75, 3.05) is 7.05 Å². The van der Waals surface area contributed by atoms with E-state index in [2.05, 4.69) is 72.6 Å². The van der Waals surface area contributed by atoms with Gasteiger partial charge < -0.3 is 10.2 Å². The Labute approximate surface area is 139 Å². The summed E-state index contributed by atoms with van der Waals surface area (Å²) < 4.78 is 0. The van der Waals surface area contributed by atoms with E-state index >= 15 is 0 Å². The molecule has 0 saturated heterocycles. The number of benzene rings is 2. The van der Waals surface area contributed by atoms with Gasteiger partial charge in [-0.2, -0.15) is 0 Å². The Hall–Kier alpha value is -1.87. The van der Waals surface area contributed by atoms with Crippen LogP contribution in [0, 0.1) is 0 Å². The van der Waals surface area contributed by atoms with Crippen molar-refractivity contribution in [3.63, 3.8) is 0 Å². The van der Waals surface area contributed by atoms with Crippen molar-refractivity contribution in [3.8, 4) is 0 Å². The van der Waals surface area contributed by atoms with Crippen LogP contribution in [-0.2, 0) is 13.1 Å². The topological polar surface area (TPSA) is 15.3 Å². The zero-order valence-electron chi connectivity index (χ0n) is 13.5. The molecule has 0 bridgehead atoms. The number of hydrogen-bond donors (Lipinski definition) is 1. The minimum Gasteiger partial charge on any atom is -0.366 e. The summed E-state index contributed by atoms with van der Waals surface area (Å²) in [5, 5.41) is 3.87. The predicted octanol–water partition coefficient (Wildman–Crippen LogP) is 4.32. The second kappa shape index (κ2) is 7.95. The molecule has 22 heavy (non-hydrogen) atoms. The summed E-state index contributed by atoms with van der Waals surface area (Å²) in [6.07, 6.45) is 0. The van der Waals surface area contributed by atoms with E-state index in [0.29, 0.717) is 5.92 Å². The van der Waals surface area contributed by atoms with Crippen molar-refractivity contribution < 1.29 is 0 Å². The predicted molar refractivity (Wildman–Crippen MR) is 97.9 cm³/mol. The Morgan fingerprint density at radius 1 is 0.955 bits per heavy atom. The molecule has 1 N–H and O–H groups in total. The maximum absolute atomic E-state index is 5.46. The molecule has 0 atom stereocenters. The molecule has 0 aliphatic rings. The molecule has 2 rings (SSSR count). The summed E-state index contributed by atoms with van der Waals surface area (Å²) in [4.78, 5) is 2.19. The Balaban J connectivity index is 2.11. The van der Waals surface area contributed by atoms with Gasteiger partial charge in [-0.25, -0.2) is 0 Å². The molecule has 0 aromatic heterocycles. The molecule has 0 aliphatic carbocycles. The summed E-state index contributed by atoms with van der Waals surface area (Å²) in [6.45, 7) is 6.05. The van der Waals surface area contributed by atoms with E-state index in [1.54, 1.807) is 0 Å². The molecule has 0 aliphatic heterocycles. The number of hydrogen-bond acceptors (Lipinski definition) is 1. The highest BCUT2D eigenvalue weighted by atomic mass is 32.1. The van der Waals surface area contributed by atoms with E-state index < -0.39 is 0 Å². The number of nitrogens with one attached hydrogen (secondary N) is 1. The zero-order valence-corrected chi connectivity index (χ0v) is 14.4. The number of nitrogens with zero attached hydrogens (tertiary/aromatic N) is 1. The number of rotatable bonds is 5. The lowest BCUT2D eigenvalue weighted by Gasteiger charge is -2.25. The Kier molecular flexibility index (Phi) is 5.96. The highest BCUT2D eigenvalue weighted by Crippen LogP contribution is 2.16. The van der Waals surface area contributed by atoms with Crippen LogP contribution in [0.4, 0.5) is 0 Å². The Morgan fingerprint density at radius 2 is 1.50 bits per heavy atom. The molecular formula is C19H24N2S. The first kappa shape index (κ1) is 16.5. The third-order valence-electron chi connectivity index (χ3n) is 3.74. The van der Waals surface area contributed by atoms with E-state index in [1.807, 2.05) is 13.1 Å². The van der Waals surface area contributed by atoms with E-state index in [9.17, 15) is 0 Å². The van der Waals surface area contributed by atoms with Gasteiger partial charge in [0.2, 0.25) is 0 Å². The average molecular weight is 312 g/mol. The van der Waals surface area contributed by atoms with Crippen LogP contribution < -0.4 is 5.32 Å². The lowest BCUT2D eigenvalue weighted by molar-refractivity contribution is 0.402. The fourth-order valence-electron chi connectivity index (χ4n) is 2.39. The summed E-state index contributed by atoms with van der Waals surface area (Å²) in [6, 6.07) is 19.2. The average Bonchev–Trinajstić information content (AvgIpc) is 2.55. The van der Waals surface area contributed by atoms with Crippen molar-refractivity contribution in [1.29, 1.82) is 0 Å². The maximum atomic E-state index is 5.46. The normalized spacial score (nSPS) is 10.5. The fourth-order valence-corrected chi connectivity index (χ4v) is 2.52. The lowest BCUT2D eigenvalue weighted by Crippen LogP contribution is -2.36. The molecule has 0 fully saturated rings. The summed E-state index contributed by atoms with van der Waals surface area (Å²) in [7, 11) is 1.88. The van der Waals surface area contributed by atoms with E-state index in [4.69, 9.17) is 12.2 Å². The molecule has 0 heterocycles. The third-order valence-corrected chi connectivity index (χ3v) is 4.20. The highest BCUT2D eigenvalue weighted by molar-refractivity contribution is 7.80. The fraction of sp³-hybridized carbons (Fsp3) is 0.316. The smallest absolute Gasteiger partial charge is 0.169 e. The Bertz CT molecular complexity index is 591. The van der Waals surface area contributed by atoms with Gasteiger partial charge in [-0.1, -0.05) is 68.4 Å². The van der Waals surface area contributed by atoms with Crippen molar-refractivity contribution in [3.05, 3.63) is 71.3 Å². The van der Waals surface area contributed by atoms with Crippen LogP contribution in [0.2, 0.25) is 0 Å². The van der Waals surface area contributed by atoms with E-state index in [1.165, 1.54) is 16.7 Å². The van der Waals surface area contributed by atoms with Gasteiger partial charge in [0, 0.05) is 20.1 Å². The van der Waals surface area contributed by atoms with Crippen molar-refractivity contribution >= 4 is 17.3 Å². The first-order valence-corrected chi connectivity index (χ1v) is 8.10. The summed E-state index contributed by atoms with van der Waals surface area (Å²) >= 11 is 5.46. The van der Waals surface area contributed by atoms with Gasteiger partial charge in [-0.3, -0.25) is 0 Å². The van der Waals surface area contributed by atoms with Crippen molar-refractivity contribution in [2.24, 2.45) is 0 Å². The second-order valence-electron chi connectivity index (χ2n) is 5.79. The van der Waals surface area contributed by atoms with Crippen LogP contribution in [0.1, 0.15) is 36.5 Å². The minimum absolute atomic E-state index is 0.563. The van der Waals surface area contributed by atoms with Gasteiger partial charge >= 0.3 is 0 Å². The van der Waals surface area contributed by atoms with Crippen LogP contribution in [0.15, 0.2) is 54.6 Å². The molecule has 2 aromatic rings. The number of thiocarbonyl (C=S) groups is 1.